The fourth-order valence-electron chi connectivity index (χ4n) is 1.49. The van der Waals surface area contributed by atoms with E-state index in [-0.39, 0.29) is 5.91 Å². The minimum atomic E-state index is -0.0309. The van der Waals surface area contributed by atoms with Crippen molar-refractivity contribution in [3.05, 3.63) is 29.8 Å². The van der Waals surface area contributed by atoms with Gasteiger partial charge < -0.3 is 15.0 Å². The maximum absolute atomic E-state index is 11.8. The highest BCUT2D eigenvalue weighted by Gasteiger charge is 2.06. The molecule has 0 saturated heterocycles. The lowest BCUT2D eigenvalue weighted by Gasteiger charge is -2.10. The van der Waals surface area contributed by atoms with Crippen LogP contribution in [0.3, 0.4) is 0 Å². The lowest BCUT2D eigenvalue weighted by Crippen LogP contribution is -3.06. The molecule has 1 amide bonds. The van der Waals surface area contributed by atoms with Crippen LogP contribution in [0.5, 0.6) is 5.75 Å². The predicted molar refractivity (Wildman–Crippen MR) is 76.8 cm³/mol. The van der Waals surface area contributed by atoms with Gasteiger partial charge in [-0.1, -0.05) is 13.8 Å². The van der Waals surface area contributed by atoms with Crippen LogP contribution in [0.25, 0.3) is 0 Å². The zero-order valence-corrected chi connectivity index (χ0v) is 12.3. The topological polar surface area (TPSA) is 42.8 Å². The third-order valence-electron chi connectivity index (χ3n) is 2.61. The molecule has 0 spiro atoms. The second-order valence-electron chi connectivity index (χ2n) is 5.44. The van der Waals surface area contributed by atoms with Gasteiger partial charge in [0.05, 0.1) is 33.8 Å². The van der Waals surface area contributed by atoms with Gasteiger partial charge in [0.2, 0.25) is 0 Å². The first-order chi connectivity index (χ1) is 8.99. The Balaban J connectivity index is 2.44. The molecule has 1 aromatic carbocycles. The highest BCUT2D eigenvalue weighted by molar-refractivity contribution is 5.94. The number of quaternary nitrogens is 1. The summed E-state index contributed by atoms with van der Waals surface area (Å²) in [6, 6.07) is 7.28. The summed E-state index contributed by atoms with van der Waals surface area (Å²) in [7, 11) is 4.13. The molecule has 0 aliphatic heterocycles. The van der Waals surface area contributed by atoms with Gasteiger partial charge in [-0.15, -0.1) is 0 Å². The van der Waals surface area contributed by atoms with E-state index < -0.39 is 0 Å². The number of nitrogens with one attached hydrogen (secondary N) is 2. The van der Waals surface area contributed by atoms with Gasteiger partial charge in [-0.2, -0.15) is 0 Å². The summed E-state index contributed by atoms with van der Waals surface area (Å²) >= 11 is 0. The minimum absolute atomic E-state index is 0.0309. The zero-order chi connectivity index (χ0) is 14.3. The van der Waals surface area contributed by atoms with Crippen molar-refractivity contribution in [1.29, 1.82) is 0 Å². The number of carbonyl (C=O) groups is 1. The molecule has 0 unspecified atom stereocenters. The molecule has 1 aromatic rings. The Morgan fingerprint density at radius 3 is 2.42 bits per heavy atom. The van der Waals surface area contributed by atoms with E-state index in [0.717, 1.165) is 12.3 Å². The Hall–Kier alpha value is -1.55. The summed E-state index contributed by atoms with van der Waals surface area (Å²) in [6.45, 7) is 6.51. The molecule has 0 heterocycles. The third-order valence-corrected chi connectivity index (χ3v) is 2.61. The number of hydrogen-bond acceptors (Lipinski definition) is 2. The van der Waals surface area contributed by atoms with Gasteiger partial charge in [0, 0.05) is 5.56 Å². The quantitative estimate of drug-likeness (QED) is 0.758. The molecule has 0 aliphatic carbocycles. The maximum atomic E-state index is 11.8. The summed E-state index contributed by atoms with van der Waals surface area (Å²) in [5.74, 6) is 1.27. The van der Waals surface area contributed by atoms with Crippen LogP contribution in [-0.2, 0) is 0 Å². The average molecular weight is 265 g/mol. The molecular formula is C15H25N2O2+. The number of rotatable bonds is 7. The zero-order valence-electron chi connectivity index (χ0n) is 12.3. The molecular weight excluding hydrogens is 240 g/mol. The van der Waals surface area contributed by atoms with Crippen LogP contribution in [-0.4, -0.2) is 39.7 Å². The summed E-state index contributed by atoms with van der Waals surface area (Å²) < 4.78 is 5.58. The van der Waals surface area contributed by atoms with E-state index in [9.17, 15) is 4.79 Å². The summed E-state index contributed by atoms with van der Waals surface area (Å²) in [5, 5.41) is 2.90. The Morgan fingerprint density at radius 1 is 1.26 bits per heavy atom. The van der Waals surface area contributed by atoms with Gasteiger partial charge >= 0.3 is 0 Å². The summed E-state index contributed by atoms with van der Waals surface area (Å²) in [4.78, 5) is 13.2. The Kier molecular flexibility index (Phi) is 6.36. The summed E-state index contributed by atoms with van der Waals surface area (Å²) in [5.41, 5.74) is 0.672. The van der Waals surface area contributed by atoms with E-state index in [1.165, 1.54) is 4.90 Å². The van der Waals surface area contributed by atoms with Crippen molar-refractivity contribution >= 4 is 5.91 Å². The van der Waals surface area contributed by atoms with Crippen LogP contribution in [0.15, 0.2) is 24.3 Å². The normalized spacial score (nSPS) is 10.8. The van der Waals surface area contributed by atoms with Crippen LogP contribution < -0.4 is 15.0 Å². The molecule has 0 atom stereocenters. The Bertz CT molecular complexity index is 386. The average Bonchev–Trinajstić information content (AvgIpc) is 2.36. The van der Waals surface area contributed by atoms with Gasteiger partial charge in [0.25, 0.3) is 5.91 Å². The number of hydrogen-bond donors (Lipinski definition) is 2. The highest BCUT2D eigenvalue weighted by Crippen LogP contribution is 2.13. The van der Waals surface area contributed by atoms with E-state index in [1.807, 2.05) is 12.1 Å². The monoisotopic (exact) mass is 265 g/mol. The first-order valence-electron chi connectivity index (χ1n) is 6.79. The second-order valence-corrected chi connectivity index (χ2v) is 5.44. The molecule has 0 aromatic heterocycles. The molecule has 0 saturated carbocycles. The standard InChI is InChI=1S/C15H24N2O2/c1-12(2)11-19-14-7-5-13(6-8-14)15(18)16-9-10-17(3)4/h5-8,12H,9-11H2,1-4H3,(H,16,18)/p+1. The molecule has 0 radical (unpaired) electrons. The lowest BCUT2D eigenvalue weighted by molar-refractivity contribution is -0.856. The highest BCUT2D eigenvalue weighted by atomic mass is 16.5. The van der Waals surface area contributed by atoms with E-state index in [1.54, 1.807) is 12.1 Å². The van der Waals surface area contributed by atoms with Crippen molar-refractivity contribution in [3.63, 3.8) is 0 Å². The molecule has 4 nitrogen and oxygen atoms in total. The third kappa shape index (κ3) is 6.25. The molecule has 0 bridgehead atoms. The molecule has 0 fully saturated rings. The van der Waals surface area contributed by atoms with Crippen LogP contribution in [0.2, 0.25) is 0 Å². The van der Waals surface area contributed by atoms with Crippen LogP contribution in [0.4, 0.5) is 0 Å². The molecule has 0 aliphatic rings. The molecule has 106 valence electrons. The van der Waals surface area contributed by atoms with Crippen LogP contribution in [0, 0.1) is 5.92 Å². The number of ether oxygens (including phenoxy) is 1. The first-order valence-corrected chi connectivity index (χ1v) is 6.79. The molecule has 19 heavy (non-hydrogen) atoms. The van der Waals surface area contributed by atoms with E-state index in [4.69, 9.17) is 4.74 Å². The van der Waals surface area contributed by atoms with Crippen LogP contribution in [0.1, 0.15) is 24.2 Å². The fourth-order valence-corrected chi connectivity index (χ4v) is 1.49. The first kappa shape index (κ1) is 15.5. The largest absolute Gasteiger partial charge is 0.493 e. The molecule has 1 rings (SSSR count). The predicted octanol–water partition coefficient (Wildman–Crippen LogP) is 0.596. The van der Waals surface area contributed by atoms with Crippen molar-refractivity contribution in [2.75, 3.05) is 33.8 Å². The lowest BCUT2D eigenvalue weighted by atomic mass is 10.2. The smallest absolute Gasteiger partial charge is 0.251 e. The number of carbonyl (C=O) groups excluding carboxylic acids is 1. The Labute approximate surface area is 115 Å². The number of amides is 1. The second kappa shape index (κ2) is 7.79. The van der Waals surface area contributed by atoms with E-state index in [0.29, 0.717) is 24.6 Å². The van der Waals surface area contributed by atoms with Gasteiger partial charge in [-0.3, -0.25) is 4.79 Å². The maximum Gasteiger partial charge on any atom is 0.251 e. The van der Waals surface area contributed by atoms with Gasteiger partial charge in [-0.25, -0.2) is 0 Å². The minimum Gasteiger partial charge on any atom is -0.493 e. The SMILES string of the molecule is CC(C)COc1ccc(C(=O)NCC[NH+](C)C)cc1. The fraction of sp³-hybridized carbons (Fsp3) is 0.533. The van der Waals surface area contributed by atoms with Crippen molar-refractivity contribution in [1.82, 2.24) is 5.32 Å². The van der Waals surface area contributed by atoms with Gasteiger partial charge in [-0.05, 0) is 30.2 Å². The van der Waals surface area contributed by atoms with Gasteiger partial charge in [0.1, 0.15) is 5.75 Å². The van der Waals surface area contributed by atoms with Gasteiger partial charge in [0.15, 0.2) is 0 Å². The van der Waals surface area contributed by atoms with Crippen molar-refractivity contribution < 1.29 is 14.4 Å². The Morgan fingerprint density at radius 2 is 1.89 bits per heavy atom. The molecule has 4 heteroatoms. The van der Waals surface area contributed by atoms with Crippen LogP contribution >= 0.6 is 0 Å². The van der Waals surface area contributed by atoms with Crippen molar-refractivity contribution in [2.45, 2.75) is 13.8 Å². The van der Waals surface area contributed by atoms with E-state index >= 15 is 0 Å². The molecule has 2 N–H and O–H groups in total. The van der Waals surface area contributed by atoms with Crippen molar-refractivity contribution in [3.8, 4) is 5.75 Å². The summed E-state index contributed by atoms with van der Waals surface area (Å²) in [6.07, 6.45) is 0. The van der Waals surface area contributed by atoms with Crippen molar-refractivity contribution in [2.24, 2.45) is 5.92 Å². The number of benzene rings is 1. The van der Waals surface area contributed by atoms with E-state index in [2.05, 4.69) is 33.3 Å². The number of likely N-dealkylation sites (N-methyl/N-ethyl adjacent to an activating group) is 1.